The van der Waals surface area contributed by atoms with Crippen molar-refractivity contribution in [2.45, 2.75) is 26.2 Å². The molecule has 1 aliphatic heterocycles. The van der Waals surface area contributed by atoms with Crippen LogP contribution >= 0.6 is 0 Å². The number of hydrogen-bond donors (Lipinski definition) is 1. The minimum Gasteiger partial charge on any atom is -0.384 e. The lowest BCUT2D eigenvalue weighted by molar-refractivity contribution is 0.158. The molecule has 1 N–H and O–H groups in total. The summed E-state index contributed by atoms with van der Waals surface area (Å²) in [7, 11) is 2.20. The van der Waals surface area contributed by atoms with Crippen LogP contribution in [0.2, 0.25) is 0 Å². The molecule has 0 atom stereocenters. The van der Waals surface area contributed by atoms with Crippen LogP contribution in [0.15, 0.2) is 24.3 Å². The molecular weight excluding hydrogens is 246 g/mol. The molecule has 0 aliphatic carbocycles. The molecule has 0 amide bonds. The number of unbranched alkanes of at least 4 members (excludes halogenated alkanes) is 1. The number of hydrogen-bond acceptors (Lipinski definition) is 3. The van der Waals surface area contributed by atoms with Crippen molar-refractivity contribution >= 4 is 5.69 Å². The summed E-state index contributed by atoms with van der Waals surface area (Å²) in [6.45, 7) is 9.23. The van der Waals surface area contributed by atoms with Gasteiger partial charge < -0.3 is 10.2 Å². The zero-order chi connectivity index (χ0) is 14.2. The summed E-state index contributed by atoms with van der Waals surface area (Å²) in [6, 6.07) is 8.95. The van der Waals surface area contributed by atoms with Crippen molar-refractivity contribution in [2.24, 2.45) is 0 Å². The molecule has 1 aromatic carbocycles. The van der Waals surface area contributed by atoms with Gasteiger partial charge in [0.05, 0.1) is 0 Å². The molecule has 3 heteroatoms. The van der Waals surface area contributed by atoms with Gasteiger partial charge in [0.15, 0.2) is 0 Å². The fourth-order valence-corrected chi connectivity index (χ4v) is 2.60. The Bertz CT molecular complexity index is 366. The van der Waals surface area contributed by atoms with Crippen LogP contribution in [-0.4, -0.2) is 56.1 Å². The molecule has 1 heterocycles. The van der Waals surface area contributed by atoms with Gasteiger partial charge >= 0.3 is 0 Å². The molecule has 1 saturated heterocycles. The van der Waals surface area contributed by atoms with E-state index in [0.717, 1.165) is 13.1 Å². The van der Waals surface area contributed by atoms with E-state index >= 15 is 0 Å². The van der Waals surface area contributed by atoms with E-state index in [-0.39, 0.29) is 0 Å². The summed E-state index contributed by atoms with van der Waals surface area (Å²) in [6.07, 6.45) is 3.76. The van der Waals surface area contributed by atoms with Crippen LogP contribution in [0.1, 0.15) is 25.3 Å². The number of piperazine rings is 1. The van der Waals surface area contributed by atoms with E-state index in [1.54, 1.807) is 0 Å². The molecule has 2 rings (SSSR count). The molecule has 1 aromatic rings. The highest BCUT2D eigenvalue weighted by atomic mass is 15.2. The number of aryl methyl sites for hydroxylation is 1. The fourth-order valence-electron chi connectivity index (χ4n) is 2.60. The molecule has 1 fully saturated rings. The van der Waals surface area contributed by atoms with Gasteiger partial charge in [0.1, 0.15) is 0 Å². The minimum absolute atomic E-state index is 1.04. The van der Waals surface area contributed by atoms with Gasteiger partial charge in [0.25, 0.3) is 0 Å². The van der Waals surface area contributed by atoms with Crippen molar-refractivity contribution in [1.82, 2.24) is 9.80 Å². The number of likely N-dealkylation sites (N-methyl/N-ethyl adjacent to an activating group) is 1. The lowest BCUT2D eigenvalue weighted by Crippen LogP contribution is -2.45. The van der Waals surface area contributed by atoms with Gasteiger partial charge in [-0.15, -0.1) is 0 Å². The molecule has 0 spiro atoms. The van der Waals surface area contributed by atoms with Crippen molar-refractivity contribution in [2.75, 3.05) is 51.6 Å². The second-order valence-corrected chi connectivity index (χ2v) is 5.87. The smallest absolute Gasteiger partial charge is 0.0340 e. The van der Waals surface area contributed by atoms with Gasteiger partial charge in [0, 0.05) is 45.0 Å². The standard InChI is InChI=1S/C17H29N3/c1-3-4-5-16-6-8-17(9-7-16)18-10-11-20-14-12-19(2)13-15-20/h6-9,18H,3-5,10-15H2,1-2H3. The van der Waals surface area contributed by atoms with Crippen molar-refractivity contribution in [3.05, 3.63) is 29.8 Å². The number of benzene rings is 1. The molecule has 0 unspecified atom stereocenters. The van der Waals surface area contributed by atoms with E-state index in [0.29, 0.717) is 0 Å². The molecule has 112 valence electrons. The first-order valence-electron chi connectivity index (χ1n) is 8.01. The normalized spacial score (nSPS) is 17.3. The first kappa shape index (κ1) is 15.3. The average molecular weight is 275 g/mol. The third-order valence-electron chi connectivity index (χ3n) is 4.13. The van der Waals surface area contributed by atoms with Gasteiger partial charge in [-0.2, -0.15) is 0 Å². The summed E-state index contributed by atoms with van der Waals surface area (Å²) in [5.74, 6) is 0. The maximum Gasteiger partial charge on any atom is 0.0340 e. The zero-order valence-corrected chi connectivity index (χ0v) is 13.1. The molecular formula is C17H29N3. The molecule has 0 saturated carbocycles. The lowest BCUT2D eigenvalue weighted by Gasteiger charge is -2.32. The number of nitrogens with one attached hydrogen (secondary N) is 1. The minimum atomic E-state index is 1.04. The topological polar surface area (TPSA) is 18.5 Å². The van der Waals surface area contributed by atoms with Gasteiger partial charge in [-0.3, -0.25) is 4.90 Å². The highest BCUT2D eigenvalue weighted by Gasteiger charge is 2.12. The number of anilines is 1. The maximum absolute atomic E-state index is 3.53. The van der Waals surface area contributed by atoms with E-state index in [9.17, 15) is 0 Å². The second kappa shape index (κ2) is 8.28. The van der Waals surface area contributed by atoms with E-state index in [4.69, 9.17) is 0 Å². The number of rotatable bonds is 7. The second-order valence-electron chi connectivity index (χ2n) is 5.87. The first-order chi connectivity index (χ1) is 9.78. The van der Waals surface area contributed by atoms with Crippen LogP contribution in [-0.2, 0) is 6.42 Å². The van der Waals surface area contributed by atoms with Gasteiger partial charge in [-0.05, 0) is 37.6 Å². The SMILES string of the molecule is CCCCc1ccc(NCCN2CCN(C)CC2)cc1. The fraction of sp³-hybridized carbons (Fsp3) is 0.647. The molecule has 1 aliphatic rings. The lowest BCUT2D eigenvalue weighted by atomic mass is 10.1. The largest absolute Gasteiger partial charge is 0.384 e. The summed E-state index contributed by atoms with van der Waals surface area (Å²) in [4.78, 5) is 4.95. The molecule has 20 heavy (non-hydrogen) atoms. The predicted molar refractivity (Wildman–Crippen MR) is 87.5 cm³/mol. The summed E-state index contributed by atoms with van der Waals surface area (Å²) >= 11 is 0. The van der Waals surface area contributed by atoms with Crippen molar-refractivity contribution in [3.8, 4) is 0 Å². The van der Waals surface area contributed by atoms with E-state index < -0.39 is 0 Å². The Kier molecular flexibility index (Phi) is 6.34. The summed E-state index contributed by atoms with van der Waals surface area (Å²) < 4.78 is 0. The van der Waals surface area contributed by atoms with Crippen LogP contribution in [0, 0.1) is 0 Å². The summed E-state index contributed by atoms with van der Waals surface area (Å²) in [5, 5.41) is 3.53. The Morgan fingerprint density at radius 3 is 2.40 bits per heavy atom. The van der Waals surface area contributed by atoms with Crippen LogP contribution in [0.4, 0.5) is 5.69 Å². The maximum atomic E-state index is 3.53. The highest BCUT2D eigenvalue weighted by molar-refractivity contribution is 5.44. The quantitative estimate of drug-likeness (QED) is 0.825. The Morgan fingerprint density at radius 1 is 1.05 bits per heavy atom. The van der Waals surface area contributed by atoms with Gasteiger partial charge in [-0.1, -0.05) is 25.5 Å². The van der Waals surface area contributed by atoms with E-state index in [1.807, 2.05) is 0 Å². The van der Waals surface area contributed by atoms with Gasteiger partial charge in [-0.25, -0.2) is 0 Å². The monoisotopic (exact) mass is 275 g/mol. The first-order valence-corrected chi connectivity index (χ1v) is 8.01. The Labute approximate surface area is 124 Å². The highest BCUT2D eigenvalue weighted by Crippen LogP contribution is 2.11. The van der Waals surface area contributed by atoms with Crippen molar-refractivity contribution < 1.29 is 0 Å². The van der Waals surface area contributed by atoms with E-state index in [1.165, 1.54) is 56.7 Å². The average Bonchev–Trinajstić information content (AvgIpc) is 2.48. The van der Waals surface area contributed by atoms with E-state index in [2.05, 4.69) is 53.4 Å². The molecule has 0 radical (unpaired) electrons. The third-order valence-corrected chi connectivity index (χ3v) is 4.13. The third kappa shape index (κ3) is 5.14. The number of nitrogens with zero attached hydrogens (tertiary/aromatic N) is 2. The van der Waals surface area contributed by atoms with Crippen LogP contribution in [0.25, 0.3) is 0 Å². The van der Waals surface area contributed by atoms with Crippen LogP contribution in [0.3, 0.4) is 0 Å². The molecule has 0 aromatic heterocycles. The predicted octanol–water partition coefficient (Wildman–Crippen LogP) is 2.69. The van der Waals surface area contributed by atoms with Crippen LogP contribution < -0.4 is 5.32 Å². The van der Waals surface area contributed by atoms with Gasteiger partial charge in [0.2, 0.25) is 0 Å². The Hall–Kier alpha value is -1.06. The van der Waals surface area contributed by atoms with Crippen molar-refractivity contribution in [3.63, 3.8) is 0 Å². The van der Waals surface area contributed by atoms with Crippen LogP contribution in [0.5, 0.6) is 0 Å². The Morgan fingerprint density at radius 2 is 1.75 bits per heavy atom. The van der Waals surface area contributed by atoms with Crippen molar-refractivity contribution in [1.29, 1.82) is 0 Å². The molecule has 3 nitrogen and oxygen atoms in total. The Balaban J connectivity index is 1.66. The summed E-state index contributed by atoms with van der Waals surface area (Å²) in [5.41, 5.74) is 2.70. The molecule has 0 bridgehead atoms. The zero-order valence-electron chi connectivity index (χ0n) is 13.1.